The third-order valence-electron chi connectivity index (χ3n) is 2.55. The molecule has 17 heavy (non-hydrogen) atoms. The third kappa shape index (κ3) is 4.75. The Kier molecular flexibility index (Phi) is 5.45. The van der Waals surface area contributed by atoms with Crippen molar-refractivity contribution in [2.45, 2.75) is 26.0 Å². The van der Waals surface area contributed by atoms with Gasteiger partial charge in [-0.15, -0.1) is 0 Å². The molecule has 0 amide bonds. The summed E-state index contributed by atoms with van der Waals surface area (Å²) in [4.78, 5) is 2.18. The Labute approximate surface area is 105 Å². The number of likely N-dealkylation sites (N-methyl/N-ethyl adjacent to an activating group) is 2. The molecule has 0 aliphatic rings. The Morgan fingerprint density at radius 2 is 1.76 bits per heavy atom. The minimum absolute atomic E-state index is 0.225. The molecule has 0 aromatic heterocycles. The molecule has 3 heteroatoms. The van der Waals surface area contributed by atoms with Gasteiger partial charge in [-0.2, -0.15) is 0 Å². The highest BCUT2D eigenvalue weighted by Gasteiger charge is 2.10. The minimum Gasteiger partial charge on any atom is -0.491 e. The van der Waals surface area contributed by atoms with E-state index in [1.165, 1.54) is 5.56 Å². The van der Waals surface area contributed by atoms with Gasteiger partial charge in [0.25, 0.3) is 0 Å². The summed E-state index contributed by atoms with van der Waals surface area (Å²) in [7, 11) is 6.16. The van der Waals surface area contributed by atoms with Crippen LogP contribution in [0.4, 0.5) is 0 Å². The summed E-state index contributed by atoms with van der Waals surface area (Å²) in [6.07, 6.45) is 0.225. The van der Waals surface area contributed by atoms with Gasteiger partial charge in [0, 0.05) is 12.6 Å². The van der Waals surface area contributed by atoms with Gasteiger partial charge in [-0.1, -0.05) is 12.1 Å². The van der Waals surface area contributed by atoms with Gasteiger partial charge in [0.05, 0.1) is 6.10 Å². The van der Waals surface area contributed by atoms with Gasteiger partial charge in [0.15, 0.2) is 0 Å². The van der Waals surface area contributed by atoms with Crippen molar-refractivity contribution in [2.24, 2.45) is 0 Å². The van der Waals surface area contributed by atoms with Gasteiger partial charge in [0.2, 0.25) is 0 Å². The molecule has 96 valence electrons. The molecule has 1 rings (SSSR count). The van der Waals surface area contributed by atoms with Crippen LogP contribution < -0.4 is 10.1 Å². The Morgan fingerprint density at radius 3 is 2.18 bits per heavy atom. The van der Waals surface area contributed by atoms with E-state index in [2.05, 4.69) is 36.4 Å². The molecule has 0 saturated carbocycles. The number of hydrogen-bond acceptors (Lipinski definition) is 3. The number of rotatable bonds is 6. The lowest BCUT2D eigenvalue weighted by Crippen LogP contribution is -2.28. The number of ether oxygens (including phenoxy) is 1. The summed E-state index contributed by atoms with van der Waals surface area (Å²) in [5, 5.41) is 3.33. The zero-order valence-corrected chi connectivity index (χ0v) is 11.5. The zero-order chi connectivity index (χ0) is 12.8. The molecule has 1 aromatic rings. The predicted molar refractivity (Wildman–Crippen MR) is 72.6 cm³/mol. The summed E-state index contributed by atoms with van der Waals surface area (Å²) in [5.41, 5.74) is 1.29. The predicted octanol–water partition coefficient (Wildman–Crippen LogP) is 2.30. The number of benzene rings is 1. The summed E-state index contributed by atoms with van der Waals surface area (Å²) < 4.78 is 5.63. The largest absolute Gasteiger partial charge is 0.491 e. The second-order valence-corrected chi connectivity index (χ2v) is 4.84. The normalized spacial score (nSPS) is 13.1. The third-order valence-corrected chi connectivity index (χ3v) is 2.55. The smallest absolute Gasteiger partial charge is 0.119 e. The van der Waals surface area contributed by atoms with Crippen LogP contribution in [-0.2, 0) is 0 Å². The van der Waals surface area contributed by atoms with Crippen LogP contribution in [-0.4, -0.2) is 38.7 Å². The average molecular weight is 236 g/mol. The highest BCUT2D eigenvalue weighted by Crippen LogP contribution is 2.19. The fourth-order valence-corrected chi connectivity index (χ4v) is 1.78. The maximum atomic E-state index is 5.63. The van der Waals surface area contributed by atoms with Gasteiger partial charge >= 0.3 is 0 Å². The fraction of sp³-hybridized carbons (Fsp3) is 0.571. The van der Waals surface area contributed by atoms with E-state index in [4.69, 9.17) is 4.74 Å². The van der Waals surface area contributed by atoms with Crippen LogP contribution in [0.2, 0.25) is 0 Å². The monoisotopic (exact) mass is 236 g/mol. The molecule has 3 nitrogen and oxygen atoms in total. The number of nitrogens with one attached hydrogen (secondary N) is 1. The molecule has 0 aliphatic heterocycles. The molecular formula is C14H24N2O. The summed E-state index contributed by atoms with van der Waals surface area (Å²) in [5.74, 6) is 0.934. The van der Waals surface area contributed by atoms with Gasteiger partial charge in [0.1, 0.15) is 5.75 Å². The molecule has 1 unspecified atom stereocenters. The Hall–Kier alpha value is -1.06. The summed E-state index contributed by atoms with van der Waals surface area (Å²) in [6.45, 7) is 5.06. The lowest BCUT2D eigenvalue weighted by Gasteiger charge is -2.21. The Morgan fingerprint density at radius 1 is 1.18 bits per heavy atom. The molecule has 0 saturated heterocycles. The first-order valence-corrected chi connectivity index (χ1v) is 6.11. The van der Waals surface area contributed by atoms with Crippen molar-refractivity contribution in [3.05, 3.63) is 29.8 Å². The molecule has 1 N–H and O–H groups in total. The SMILES string of the molecule is CNC(CN(C)C)c1ccc(OC(C)C)cc1. The highest BCUT2D eigenvalue weighted by molar-refractivity contribution is 5.29. The second-order valence-electron chi connectivity index (χ2n) is 4.84. The molecular weight excluding hydrogens is 212 g/mol. The van der Waals surface area contributed by atoms with Crippen LogP contribution in [0.1, 0.15) is 25.5 Å². The van der Waals surface area contributed by atoms with E-state index in [9.17, 15) is 0 Å². The van der Waals surface area contributed by atoms with Crippen molar-refractivity contribution < 1.29 is 4.74 Å². The maximum absolute atomic E-state index is 5.63. The van der Waals surface area contributed by atoms with Crippen LogP contribution in [0.15, 0.2) is 24.3 Å². The summed E-state index contributed by atoms with van der Waals surface area (Å²) in [6, 6.07) is 8.69. The molecule has 0 fully saturated rings. The standard InChI is InChI=1S/C14H24N2O/c1-11(2)17-13-8-6-12(7-9-13)14(15-3)10-16(4)5/h6-9,11,14-15H,10H2,1-5H3. The quantitative estimate of drug-likeness (QED) is 0.820. The van der Waals surface area contributed by atoms with E-state index in [1.54, 1.807) is 0 Å². The zero-order valence-electron chi connectivity index (χ0n) is 11.5. The molecule has 0 radical (unpaired) electrons. The molecule has 0 spiro atoms. The second kappa shape index (κ2) is 6.62. The van der Waals surface area contributed by atoms with E-state index < -0.39 is 0 Å². The molecule has 0 aliphatic carbocycles. The van der Waals surface area contributed by atoms with E-state index in [0.717, 1.165) is 12.3 Å². The average Bonchev–Trinajstić information content (AvgIpc) is 2.26. The molecule has 1 atom stereocenters. The topological polar surface area (TPSA) is 24.5 Å². The summed E-state index contributed by atoms with van der Waals surface area (Å²) >= 11 is 0. The van der Waals surface area contributed by atoms with Gasteiger partial charge < -0.3 is 15.0 Å². The van der Waals surface area contributed by atoms with Crippen molar-refractivity contribution >= 4 is 0 Å². The fourth-order valence-electron chi connectivity index (χ4n) is 1.78. The van der Waals surface area contributed by atoms with Crippen LogP contribution in [0.5, 0.6) is 5.75 Å². The lowest BCUT2D eigenvalue weighted by molar-refractivity contribution is 0.242. The van der Waals surface area contributed by atoms with Crippen molar-refractivity contribution in [1.29, 1.82) is 0 Å². The van der Waals surface area contributed by atoms with Gasteiger partial charge in [-0.25, -0.2) is 0 Å². The number of hydrogen-bond donors (Lipinski definition) is 1. The Bertz CT molecular complexity index is 319. The van der Waals surface area contributed by atoms with Crippen molar-refractivity contribution in [3.8, 4) is 5.75 Å². The maximum Gasteiger partial charge on any atom is 0.119 e. The van der Waals surface area contributed by atoms with Gasteiger partial charge in [-0.05, 0) is 52.7 Å². The van der Waals surface area contributed by atoms with E-state index >= 15 is 0 Å². The molecule has 1 aromatic carbocycles. The van der Waals surface area contributed by atoms with Gasteiger partial charge in [-0.3, -0.25) is 0 Å². The molecule has 0 bridgehead atoms. The first kappa shape index (κ1) is 14.0. The van der Waals surface area contributed by atoms with E-state index in [-0.39, 0.29) is 6.10 Å². The van der Waals surface area contributed by atoms with E-state index in [1.807, 2.05) is 33.0 Å². The van der Waals surface area contributed by atoms with Crippen molar-refractivity contribution in [1.82, 2.24) is 10.2 Å². The Balaban J connectivity index is 2.70. The lowest BCUT2D eigenvalue weighted by atomic mass is 10.1. The van der Waals surface area contributed by atoms with Crippen LogP contribution in [0, 0.1) is 0 Å². The molecule has 0 heterocycles. The number of nitrogens with zero attached hydrogens (tertiary/aromatic N) is 1. The van der Waals surface area contributed by atoms with Crippen LogP contribution in [0.3, 0.4) is 0 Å². The highest BCUT2D eigenvalue weighted by atomic mass is 16.5. The van der Waals surface area contributed by atoms with E-state index in [0.29, 0.717) is 6.04 Å². The minimum atomic E-state index is 0.225. The van der Waals surface area contributed by atoms with Crippen LogP contribution in [0.25, 0.3) is 0 Å². The first-order chi connectivity index (χ1) is 8.02. The van der Waals surface area contributed by atoms with Crippen molar-refractivity contribution in [2.75, 3.05) is 27.7 Å². The first-order valence-electron chi connectivity index (χ1n) is 6.11. The van der Waals surface area contributed by atoms with Crippen molar-refractivity contribution in [3.63, 3.8) is 0 Å². The van der Waals surface area contributed by atoms with Crippen LogP contribution >= 0.6 is 0 Å².